The molecule has 8 nitrogen and oxygen atoms in total. The summed E-state index contributed by atoms with van der Waals surface area (Å²) in [5.74, 6) is -0.349. The zero-order valence-corrected chi connectivity index (χ0v) is 14.7. The van der Waals surface area contributed by atoms with Crippen LogP contribution < -0.4 is 10.9 Å². The predicted molar refractivity (Wildman–Crippen MR) is 91.1 cm³/mol. The average molecular weight is 347 g/mol. The molecule has 1 N–H and O–H groups in total. The molecule has 1 amide bonds. The Morgan fingerprint density at radius 3 is 2.56 bits per heavy atom. The van der Waals surface area contributed by atoms with Crippen LogP contribution in [0.25, 0.3) is 10.9 Å². The largest absolute Gasteiger partial charge is 0.468 e. The molecule has 0 saturated carbocycles. The monoisotopic (exact) mass is 347 g/mol. The summed E-state index contributed by atoms with van der Waals surface area (Å²) in [5, 5.41) is 2.93. The van der Waals surface area contributed by atoms with Gasteiger partial charge in [-0.15, -0.1) is 0 Å². The van der Waals surface area contributed by atoms with Gasteiger partial charge in [0, 0.05) is 0 Å². The molecule has 0 aliphatic rings. The molecule has 0 bridgehead atoms. The van der Waals surface area contributed by atoms with Crippen LogP contribution in [0.1, 0.15) is 26.6 Å². The lowest BCUT2D eigenvalue weighted by atomic mass is 10.2. The zero-order chi connectivity index (χ0) is 18.6. The van der Waals surface area contributed by atoms with Crippen LogP contribution in [0.5, 0.6) is 0 Å². The van der Waals surface area contributed by atoms with Crippen molar-refractivity contribution < 1.29 is 19.1 Å². The number of amides is 1. The summed E-state index contributed by atoms with van der Waals surface area (Å²) in [6.07, 6.45) is -0.639. The van der Waals surface area contributed by atoms with Gasteiger partial charge in [0.1, 0.15) is 18.0 Å². The summed E-state index contributed by atoms with van der Waals surface area (Å²) in [4.78, 5) is 40.5. The highest BCUT2D eigenvalue weighted by atomic mass is 16.6. The third-order valence-electron chi connectivity index (χ3n) is 3.25. The normalized spacial score (nSPS) is 11.2. The van der Waals surface area contributed by atoms with Gasteiger partial charge in [0.15, 0.2) is 0 Å². The summed E-state index contributed by atoms with van der Waals surface area (Å²) < 4.78 is 11.0. The number of alkyl carbamates (subject to hydrolysis) is 1. The summed E-state index contributed by atoms with van der Waals surface area (Å²) in [5.41, 5.74) is -0.543. The first-order valence-corrected chi connectivity index (χ1v) is 7.73. The van der Waals surface area contributed by atoms with Crippen LogP contribution >= 0.6 is 0 Å². The van der Waals surface area contributed by atoms with Gasteiger partial charge in [-0.1, -0.05) is 12.1 Å². The molecule has 0 saturated heterocycles. The van der Waals surface area contributed by atoms with E-state index in [4.69, 9.17) is 4.74 Å². The van der Waals surface area contributed by atoms with Crippen molar-refractivity contribution in [3.05, 3.63) is 40.4 Å². The van der Waals surface area contributed by atoms with E-state index >= 15 is 0 Å². The maximum Gasteiger partial charge on any atom is 0.408 e. The zero-order valence-electron chi connectivity index (χ0n) is 14.7. The number of para-hydroxylation sites is 1. The number of carbonyl (C=O) groups is 2. The van der Waals surface area contributed by atoms with E-state index in [0.717, 1.165) is 0 Å². The Kier molecular flexibility index (Phi) is 5.41. The minimum absolute atomic E-state index is 0.0635. The first-order valence-electron chi connectivity index (χ1n) is 7.73. The highest BCUT2D eigenvalue weighted by molar-refractivity contribution is 5.78. The van der Waals surface area contributed by atoms with E-state index in [1.165, 1.54) is 11.7 Å². The summed E-state index contributed by atoms with van der Waals surface area (Å²) >= 11 is 0. The number of carbonyl (C=O) groups excluding carboxylic acids is 2. The van der Waals surface area contributed by atoms with Crippen LogP contribution in [0.4, 0.5) is 4.79 Å². The van der Waals surface area contributed by atoms with Crippen LogP contribution in [-0.2, 0) is 27.4 Å². The van der Waals surface area contributed by atoms with Crippen LogP contribution in [0.2, 0.25) is 0 Å². The van der Waals surface area contributed by atoms with Gasteiger partial charge in [0.2, 0.25) is 0 Å². The van der Waals surface area contributed by atoms with Crippen LogP contribution in [0.15, 0.2) is 29.1 Å². The first-order chi connectivity index (χ1) is 11.7. The third-order valence-corrected chi connectivity index (χ3v) is 3.25. The van der Waals surface area contributed by atoms with Crippen molar-refractivity contribution >= 4 is 23.0 Å². The Bertz CT molecular complexity index is 851. The van der Waals surface area contributed by atoms with Crippen molar-refractivity contribution in [2.24, 2.45) is 0 Å². The Balaban J connectivity index is 2.36. The second-order valence-corrected chi connectivity index (χ2v) is 6.37. The molecule has 0 radical (unpaired) electrons. The van der Waals surface area contributed by atoms with Crippen molar-refractivity contribution in [1.29, 1.82) is 0 Å². The molecule has 8 heteroatoms. The Labute approximate surface area is 144 Å². The molecule has 0 fully saturated rings. The Morgan fingerprint density at radius 1 is 1.24 bits per heavy atom. The summed E-state index contributed by atoms with van der Waals surface area (Å²) in [6.45, 7) is 4.88. The molecule has 0 atom stereocenters. The minimum Gasteiger partial charge on any atom is -0.468 e. The SMILES string of the molecule is COC(=O)Cn1c(CNC(=O)OC(C)(C)C)nc2ccccc2c1=O. The molecule has 2 aromatic rings. The highest BCUT2D eigenvalue weighted by Crippen LogP contribution is 2.09. The van der Waals surface area contributed by atoms with Crippen molar-refractivity contribution in [3.63, 3.8) is 0 Å². The maximum absolute atomic E-state index is 12.6. The molecular weight excluding hydrogens is 326 g/mol. The quantitative estimate of drug-likeness (QED) is 0.843. The number of fused-ring (bicyclic) bond motifs is 1. The fourth-order valence-electron chi connectivity index (χ4n) is 2.17. The number of nitrogens with one attached hydrogen (secondary N) is 1. The van der Waals surface area contributed by atoms with Gasteiger partial charge in [-0.2, -0.15) is 0 Å². The first kappa shape index (κ1) is 18.4. The van der Waals surface area contributed by atoms with E-state index in [2.05, 4.69) is 15.0 Å². The van der Waals surface area contributed by atoms with E-state index in [1.807, 2.05) is 0 Å². The second-order valence-electron chi connectivity index (χ2n) is 6.37. The number of esters is 1. The Morgan fingerprint density at radius 2 is 1.92 bits per heavy atom. The smallest absolute Gasteiger partial charge is 0.408 e. The molecular formula is C17H21N3O5. The fourth-order valence-corrected chi connectivity index (χ4v) is 2.17. The molecule has 0 aliphatic carbocycles. The summed E-state index contributed by atoms with van der Waals surface area (Å²) in [6, 6.07) is 6.79. The summed E-state index contributed by atoms with van der Waals surface area (Å²) in [7, 11) is 1.24. The van der Waals surface area contributed by atoms with Crippen LogP contribution in [0, 0.1) is 0 Å². The van der Waals surface area contributed by atoms with Gasteiger partial charge in [0.25, 0.3) is 5.56 Å². The van der Waals surface area contributed by atoms with E-state index in [9.17, 15) is 14.4 Å². The highest BCUT2D eigenvalue weighted by Gasteiger charge is 2.18. The second kappa shape index (κ2) is 7.33. The predicted octanol–water partition coefficient (Wildman–Crippen LogP) is 1.59. The average Bonchev–Trinajstić information content (AvgIpc) is 2.54. The lowest BCUT2D eigenvalue weighted by Crippen LogP contribution is -2.35. The maximum atomic E-state index is 12.6. The van der Waals surface area contributed by atoms with Gasteiger partial charge in [-0.25, -0.2) is 9.78 Å². The number of hydrogen-bond acceptors (Lipinski definition) is 6. The number of nitrogens with zero attached hydrogens (tertiary/aromatic N) is 2. The fraction of sp³-hybridized carbons (Fsp3) is 0.412. The van der Waals surface area contributed by atoms with Crippen molar-refractivity contribution in [1.82, 2.24) is 14.9 Å². The van der Waals surface area contributed by atoms with Crippen LogP contribution in [-0.4, -0.2) is 34.3 Å². The van der Waals surface area contributed by atoms with E-state index in [1.54, 1.807) is 45.0 Å². The molecule has 0 unspecified atom stereocenters. The number of ether oxygens (including phenoxy) is 2. The molecule has 0 aliphatic heterocycles. The van der Waals surface area contributed by atoms with Gasteiger partial charge >= 0.3 is 12.1 Å². The van der Waals surface area contributed by atoms with E-state index in [-0.39, 0.29) is 24.5 Å². The lowest BCUT2D eigenvalue weighted by Gasteiger charge is -2.20. The Hall–Kier alpha value is -2.90. The molecule has 25 heavy (non-hydrogen) atoms. The van der Waals surface area contributed by atoms with Crippen LogP contribution in [0.3, 0.4) is 0 Å². The lowest BCUT2D eigenvalue weighted by molar-refractivity contribution is -0.141. The minimum atomic E-state index is -0.646. The molecule has 2 rings (SSSR count). The molecule has 0 spiro atoms. The van der Waals surface area contributed by atoms with Gasteiger partial charge in [0.05, 0.1) is 24.6 Å². The number of methoxy groups -OCH3 is 1. The van der Waals surface area contributed by atoms with Gasteiger partial charge in [-0.05, 0) is 32.9 Å². The molecule has 1 aromatic heterocycles. The van der Waals surface area contributed by atoms with Crippen molar-refractivity contribution in [2.45, 2.75) is 39.5 Å². The molecule has 1 aromatic carbocycles. The number of rotatable bonds is 4. The van der Waals surface area contributed by atoms with Crippen molar-refractivity contribution in [2.75, 3.05) is 7.11 Å². The molecule has 1 heterocycles. The molecule has 134 valence electrons. The van der Waals surface area contributed by atoms with E-state index < -0.39 is 17.7 Å². The van der Waals surface area contributed by atoms with Gasteiger partial charge in [-0.3, -0.25) is 14.2 Å². The standard InChI is InChI=1S/C17H21N3O5/c1-17(2,3)25-16(23)18-9-13-19-12-8-6-5-7-11(12)15(22)20(13)10-14(21)24-4/h5-8H,9-10H2,1-4H3,(H,18,23). The number of hydrogen-bond donors (Lipinski definition) is 1. The van der Waals surface area contributed by atoms with Gasteiger partial charge < -0.3 is 14.8 Å². The van der Waals surface area contributed by atoms with E-state index in [0.29, 0.717) is 10.9 Å². The number of aromatic nitrogens is 2. The number of benzene rings is 1. The third kappa shape index (κ3) is 4.79. The topological polar surface area (TPSA) is 99.5 Å². The van der Waals surface area contributed by atoms with Crippen molar-refractivity contribution in [3.8, 4) is 0 Å².